The highest BCUT2D eigenvalue weighted by atomic mass is 32.2. The van der Waals surface area contributed by atoms with Crippen molar-refractivity contribution in [2.75, 3.05) is 19.5 Å². The van der Waals surface area contributed by atoms with E-state index in [1.807, 2.05) is 0 Å². The van der Waals surface area contributed by atoms with Gasteiger partial charge >= 0.3 is 12.1 Å². The highest BCUT2D eigenvalue weighted by molar-refractivity contribution is 8.01. The van der Waals surface area contributed by atoms with Crippen LogP contribution in [0.25, 0.3) is 0 Å². The van der Waals surface area contributed by atoms with Gasteiger partial charge in [-0.2, -0.15) is 0 Å². The molecule has 120 valence electrons. The van der Waals surface area contributed by atoms with Gasteiger partial charge in [0.05, 0.1) is 25.5 Å². The second-order valence-electron chi connectivity index (χ2n) is 4.59. The summed E-state index contributed by atoms with van der Waals surface area (Å²) in [6.45, 7) is 2.03. The van der Waals surface area contributed by atoms with Gasteiger partial charge in [-0.15, -0.1) is 11.8 Å². The average molecular weight is 318 g/mol. The first-order chi connectivity index (χ1) is 10.1. The molecule has 1 aliphatic rings. The average Bonchev–Trinajstić information content (AvgIpc) is 2.85. The molecular weight excluding hydrogens is 296 g/mol. The number of alkyl carbamates (subject to hydrolysis) is 1. The molecule has 1 fully saturated rings. The van der Waals surface area contributed by atoms with Gasteiger partial charge in [-0.05, 0) is 19.8 Å². The predicted octanol–water partition coefficient (Wildman–Crippen LogP) is 1.78. The summed E-state index contributed by atoms with van der Waals surface area (Å²) in [7, 11) is 1.37. The number of hydrogen-bond donors (Lipinski definition) is 2. The molecule has 2 N–H and O–H groups in total. The molecule has 0 aliphatic carbocycles. The molecule has 0 radical (unpaired) electrons. The van der Waals surface area contributed by atoms with Crippen molar-refractivity contribution >= 4 is 29.5 Å². The third kappa shape index (κ3) is 5.82. The molecule has 1 saturated heterocycles. The third-order valence-corrected chi connectivity index (χ3v) is 4.56. The maximum atomic E-state index is 11.4. The molecule has 0 aromatic heterocycles. The topological polar surface area (TPSA) is 97.2 Å². The van der Waals surface area contributed by atoms with E-state index in [9.17, 15) is 9.59 Å². The Balaban J connectivity index is 2.36. The lowest BCUT2D eigenvalue weighted by atomic mass is 10.0. The van der Waals surface area contributed by atoms with Gasteiger partial charge in [-0.25, -0.2) is 4.79 Å². The highest BCUT2D eigenvalue weighted by Gasteiger charge is 2.34. The maximum Gasteiger partial charge on any atom is 0.407 e. The maximum absolute atomic E-state index is 11.4. The van der Waals surface area contributed by atoms with E-state index >= 15 is 0 Å². The second kappa shape index (κ2) is 9.49. The van der Waals surface area contributed by atoms with Gasteiger partial charge in [0.1, 0.15) is 0 Å². The first-order valence-corrected chi connectivity index (χ1v) is 8.00. The third-order valence-electron chi connectivity index (χ3n) is 3.16. The minimum absolute atomic E-state index is 0.0552. The quantitative estimate of drug-likeness (QED) is 0.321. The van der Waals surface area contributed by atoms with Gasteiger partial charge in [-0.1, -0.05) is 11.6 Å². The normalized spacial score (nSPS) is 23.0. The van der Waals surface area contributed by atoms with E-state index in [2.05, 4.69) is 15.2 Å². The van der Waals surface area contributed by atoms with Crippen LogP contribution in [0.5, 0.6) is 0 Å². The molecule has 0 spiro atoms. The number of amides is 1. The number of nitrogens with zero attached hydrogens (tertiary/aromatic N) is 1. The summed E-state index contributed by atoms with van der Waals surface area (Å²) in [5, 5.41) is 15.2. The number of hydrogen-bond acceptors (Lipinski definition) is 7. The minimum Gasteiger partial charge on any atom is -0.469 e. The Hall–Kier alpha value is -1.44. The van der Waals surface area contributed by atoms with Crippen LogP contribution in [-0.2, 0) is 14.3 Å². The highest BCUT2D eigenvalue weighted by Crippen LogP contribution is 2.29. The number of nitrogens with one attached hydrogen (secondary N) is 1. The van der Waals surface area contributed by atoms with Crippen molar-refractivity contribution in [1.29, 1.82) is 0 Å². The van der Waals surface area contributed by atoms with Crippen molar-refractivity contribution in [3.63, 3.8) is 0 Å². The Kier molecular flexibility index (Phi) is 7.96. The lowest BCUT2D eigenvalue weighted by Gasteiger charge is -2.14. The zero-order valence-corrected chi connectivity index (χ0v) is 13.1. The summed E-state index contributed by atoms with van der Waals surface area (Å²) in [5.41, 5.74) is 0.561. The Morgan fingerprint density at radius 1 is 1.48 bits per heavy atom. The molecule has 7 nitrogen and oxygen atoms in total. The Morgan fingerprint density at radius 2 is 2.24 bits per heavy atom. The zero-order valence-electron chi connectivity index (χ0n) is 12.3. The van der Waals surface area contributed by atoms with Gasteiger partial charge in [0.25, 0.3) is 0 Å². The van der Waals surface area contributed by atoms with Crippen molar-refractivity contribution in [2.24, 2.45) is 5.16 Å². The number of oxime groups is 1. The van der Waals surface area contributed by atoms with Crippen LogP contribution in [0.2, 0.25) is 0 Å². The predicted molar refractivity (Wildman–Crippen MR) is 79.9 cm³/mol. The summed E-state index contributed by atoms with van der Waals surface area (Å²) >= 11 is 1.63. The molecule has 1 rings (SSSR count). The van der Waals surface area contributed by atoms with Gasteiger partial charge < -0.3 is 20.0 Å². The lowest BCUT2D eigenvalue weighted by molar-refractivity contribution is -0.140. The molecule has 0 aromatic carbocycles. The molecule has 0 saturated carbocycles. The number of methoxy groups -OCH3 is 1. The van der Waals surface area contributed by atoms with Gasteiger partial charge in [0.15, 0.2) is 0 Å². The Labute approximate surface area is 128 Å². The van der Waals surface area contributed by atoms with Crippen LogP contribution in [0, 0.1) is 0 Å². The molecule has 8 heteroatoms. The largest absolute Gasteiger partial charge is 0.469 e. The Morgan fingerprint density at radius 3 is 2.86 bits per heavy atom. The number of rotatable bonds is 7. The number of thioether (sulfide) groups is 1. The number of esters is 1. The Bertz CT molecular complexity index is 389. The van der Waals surface area contributed by atoms with Crippen LogP contribution < -0.4 is 5.32 Å². The molecular formula is C13H22N2O5S. The van der Waals surface area contributed by atoms with Crippen LogP contribution in [0.1, 0.15) is 32.6 Å². The van der Waals surface area contributed by atoms with E-state index in [0.717, 1.165) is 19.3 Å². The van der Waals surface area contributed by atoms with E-state index in [-0.39, 0.29) is 17.3 Å². The molecule has 1 heterocycles. The molecule has 2 atom stereocenters. The molecule has 0 bridgehead atoms. The smallest absolute Gasteiger partial charge is 0.407 e. The SMILES string of the molecule is CCOC(=O)NC1CSC(CCCCC(=O)OC)/C1=N\O. The number of ether oxygens (including phenoxy) is 2. The summed E-state index contributed by atoms with van der Waals surface area (Å²) < 4.78 is 9.40. The van der Waals surface area contributed by atoms with Gasteiger partial charge in [0.2, 0.25) is 0 Å². The van der Waals surface area contributed by atoms with Crippen LogP contribution >= 0.6 is 11.8 Å². The van der Waals surface area contributed by atoms with E-state index in [1.54, 1.807) is 18.7 Å². The minimum atomic E-state index is -0.504. The molecule has 2 unspecified atom stereocenters. The summed E-state index contributed by atoms with van der Waals surface area (Å²) in [4.78, 5) is 22.4. The van der Waals surface area contributed by atoms with E-state index in [0.29, 0.717) is 24.5 Å². The van der Waals surface area contributed by atoms with Crippen LogP contribution in [-0.4, -0.2) is 53.7 Å². The van der Waals surface area contributed by atoms with Gasteiger partial charge in [-0.3, -0.25) is 4.79 Å². The summed E-state index contributed by atoms with van der Waals surface area (Å²) in [5.74, 6) is 0.437. The number of carbonyl (C=O) groups is 2. The summed E-state index contributed by atoms with van der Waals surface area (Å²) in [6, 6.07) is -0.301. The molecule has 21 heavy (non-hydrogen) atoms. The van der Waals surface area contributed by atoms with E-state index < -0.39 is 6.09 Å². The van der Waals surface area contributed by atoms with Crippen molar-refractivity contribution in [2.45, 2.75) is 43.9 Å². The monoisotopic (exact) mass is 318 g/mol. The second-order valence-corrected chi connectivity index (χ2v) is 5.82. The van der Waals surface area contributed by atoms with Crippen LogP contribution in [0.3, 0.4) is 0 Å². The molecule has 1 amide bonds. The fraction of sp³-hybridized carbons (Fsp3) is 0.769. The van der Waals surface area contributed by atoms with Crippen molar-refractivity contribution in [3.8, 4) is 0 Å². The number of unbranched alkanes of at least 4 members (excludes halogenated alkanes) is 1. The lowest BCUT2D eigenvalue weighted by Crippen LogP contribution is -2.41. The van der Waals surface area contributed by atoms with E-state index in [1.165, 1.54) is 7.11 Å². The van der Waals surface area contributed by atoms with Crippen molar-refractivity contribution in [3.05, 3.63) is 0 Å². The van der Waals surface area contributed by atoms with Crippen molar-refractivity contribution in [1.82, 2.24) is 5.32 Å². The molecule has 0 aromatic rings. The van der Waals surface area contributed by atoms with Gasteiger partial charge in [0, 0.05) is 17.4 Å². The van der Waals surface area contributed by atoms with Crippen LogP contribution in [0.4, 0.5) is 4.79 Å². The zero-order chi connectivity index (χ0) is 15.7. The first kappa shape index (κ1) is 17.6. The van der Waals surface area contributed by atoms with Crippen molar-refractivity contribution < 1.29 is 24.3 Å². The molecule has 1 aliphatic heterocycles. The standard InChI is InChI=1S/C13H22N2O5S/c1-3-20-13(17)14-9-8-21-10(12(9)15-18)6-4-5-7-11(16)19-2/h9-10,18H,3-8H2,1-2H3,(H,14,17)/b15-12-. The first-order valence-electron chi connectivity index (χ1n) is 6.95. The summed E-state index contributed by atoms with van der Waals surface area (Å²) in [6.07, 6.45) is 2.25. The number of carbonyl (C=O) groups excluding carboxylic acids is 2. The van der Waals surface area contributed by atoms with E-state index in [4.69, 9.17) is 9.94 Å². The fourth-order valence-corrected chi connectivity index (χ4v) is 3.50. The fourth-order valence-electron chi connectivity index (χ4n) is 2.10. The van der Waals surface area contributed by atoms with Crippen LogP contribution in [0.15, 0.2) is 5.16 Å².